The van der Waals surface area contributed by atoms with Gasteiger partial charge in [-0.3, -0.25) is 0 Å². The van der Waals surface area contributed by atoms with Crippen molar-refractivity contribution in [2.24, 2.45) is 33.7 Å². The summed E-state index contributed by atoms with van der Waals surface area (Å²) in [6.07, 6.45) is 11.0. The zero-order valence-corrected chi connectivity index (χ0v) is 19.6. The first-order valence-corrected chi connectivity index (χ1v) is 12.2. The van der Waals surface area contributed by atoms with Gasteiger partial charge >= 0.3 is 0 Å². The van der Waals surface area contributed by atoms with Crippen LogP contribution in [0.5, 0.6) is 11.5 Å². The number of benzene rings is 2. The third-order valence-corrected chi connectivity index (χ3v) is 8.48. The quantitative estimate of drug-likeness (QED) is 0.347. The number of allylic oxidation sites excluding steroid dienone is 2. The largest absolute Gasteiger partial charge is 0.457 e. The lowest BCUT2D eigenvalue weighted by Crippen LogP contribution is -2.28. The van der Waals surface area contributed by atoms with Crippen molar-refractivity contribution in [2.45, 2.75) is 59.5 Å². The molecule has 0 saturated heterocycles. The summed E-state index contributed by atoms with van der Waals surface area (Å²) in [5, 5.41) is 4.28. The number of para-hydroxylation sites is 1. The van der Waals surface area contributed by atoms with Crippen LogP contribution in [0.2, 0.25) is 0 Å². The number of ether oxygens (including phenoxy) is 1. The van der Waals surface area contributed by atoms with Gasteiger partial charge in [0.05, 0.1) is 6.21 Å². The number of hydrogen-bond acceptors (Lipinski definition) is 3. The van der Waals surface area contributed by atoms with Gasteiger partial charge in [-0.05, 0) is 90.2 Å². The first kappa shape index (κ1) is 21.3. The van der Waals surface area contributed by atoms with Crippen molar-refractivity contribution in [1.29, 1.82) is 0 Å². The molecule has 0 unspecified atom stereocenters. The van der Waals surface area contributed by atoms with Crippen molar-refractivity contribution in [1.82, 2.24) is 0 Å². The van der Waals surface area contributed by atoms with Gasteiger partial charge in [0.2, 0.25) is 0 Å². The average Bonchev–Trinajstić information content (AvgIpc) is 3.29. The van der Waals surface area contributed by atoms with Gasteiger partial charge in [0.15, 0.2) is 0 Å². The molecule has 3 heteroatoms. The molecule has 0 aliphatic heterocycles. The van der Waals surface area contributed by atoms with Gasteiger partial charge in [-0.1, -0.05) is 68.3 Å². The van der Waals surface area contributed by atoms with Gasteiger partial charge in [-0.2, -0.15) is 0 Å². The van der Waals surface area contributed by atoms with Gasteiger partial charge < -0.3 is 9.57 Å². The summed E-state index contributed by atoms with van der Waals surface area (Å²) in [4.78, 5) is 5.61. The molecule has 0 aromatic heterocycles. The molecular weight excluding hydrogens is 394 g/mol. The Morgan fingerprint density at radius 2 is 1.69 bits per heavy atom. The summed E-state index contributed by atoms with van der Waals surface area (Å²) in [5.74, 6) is 4.09. The number of nitrogens with zero attached hydrogens (tertiary/aromatic N) is 1. The Morgan fingerprint density at radius 3 is 2.47 bits per heavy atom. The molecule has 3 saturated carbocycles. The SMILES string of the molecule is CC1(C)CCC[C@]2(C)/C(=C\C=N\OCc3ccc(Oc4ccccc4)cc3)[C@H]3CC[C@@H]2[C@@H]31. The van der Waals surface area contributed by atoms with Gasteiger partial charge in [0, 0.05) is 0 Å². The molecule has 0 heterocycles. The molecule has 5 rings (SSSR count). The maximum Gasteiger partial charge on any atom is 0.142 e. The van der Waals surface area contributed by atoms with E-state index in [0.717, 1.165) is 34.8 Å². The first-order valence-electron chi connectivity index (χ1n) is 12.2. The Hall–Kier alpha value is -2.55. The highest BCUT2D eigenvalue weighted by molar-refractivity contribution is 5.72. The minimum Gasteiger partial charge on any atom is -0.457 e. The lowest BCUT2D eigenvalue weighted by atomic mass is 9.68. The molecule has 0 N–H and O–H groups in total. The predicted octanol–water partition coefficient (Wildman–Crippen LogP) is 7.78. The third-order valence-electron chi connectivity index (χ3n) is 8.48. The predicted molar refractivity (Wildman–Crippen MR) is 130 cm³/mol. The van der Waals surface area contributed by atoms with Gasteiger partial charge in [-0.15, -0.1) is 0 Å². The molecule has 2 aromatic rings. The summed E-state index contributed by atoms with van der Waals surface area (Å²) >= 11 is 0. The fourth-order valence-corrected chi connectivity index (χ4v) is 7.05. The standard InChI is InChI=1S/C29H35NO2/c1-28(2)17-7-18-29(3)25(24-14-15-26(29)27(24)28)16-19-30-31-20-21-10-12-23(13-11-21)32-22-8-5-4-6-9-22/h4-6,8-13,16,19,24,26-27H,7,14-15,17-18,20H2,1-3H3/b25-16-,30-19+/t24-,26-,27-,29-/m1/s1. The van der Waals surface area contributed by atoms with E-state index in [2.05, 4.69) is 32.0 Å². The molecule has 4 atom stereocenters. The van der Waals surface area contributed by atoms with E-state index in [1.54, 1.807) is 5.57 Å². The van der Waals surface area contributed by atoms with Crippen molar-refractivity contribution >= 4 is 6.21 Å². The number of hydrogen-bond donors (Lipinski definition) is 0. The van der Waals surface area contributed by atoms with Crippen LogP contribution in [0, 0.1) is 28.6 Å². The average molecular weight is 430 g/mol. The molecule has 0 amide bonds. The van der Waals surface area contributed by atoms with Crippen LogP contribution in [0.3, 0.4) is 0 Å². The second kappa shape index (κ2) is 8.42. The molecule has 3 aliphatic rings. The molecule has 3 aliphatic carbocycles. The maximum absolute atomic E-state index is 5.85. The molecule has 3 nitrogen and oxygen atoms in total. The van der Waals surface area contributed by atoms with Crippen LogP contribution in [-0.4, -0.2) is 6.21 Å². The highest BCUT2D eigenvalue weighted by Gasteiger charge is 2.62. The van der Waals surface area contributed by atoms with E-state index >= 15 is 0 Å². The van der Waals surface area contributed by atoms with Crippen molar-refractivity contribution in [2.75, 3.05) is 0 Å². The zero-order chi connectivity index (χ0) is 22.2. The van der Waals surface area contributed by atoms with E-state index < -0.39 is 0 Å². The van der Waals surface area contributed by atoms with Crippen molar-refractivity contribution < 1.29 is 9.57 Å². The Kier molecular flexibility index (Phi) is 5.61. The molecule has 3 fully saturated rings. The summed E-state index contributed by atoms with van der Waals surface area (Å²) < 4.78 is 5.85. The molecule has 4 bridgehead atoms. The van der Waals surface area contributed by atoms with E-state index in [9.17, 15) is 0 Å². The summed E-state index contributed by atoms with van der Waals surface area (Å²) in [5.41, 5.74) is 3.54. The van der Waals surface area contributed by atoms with E-state index in [0.29, 0.717) is 17.4 Å². The number of oxime groups is 1. The molecule has 0 radical (unpaired) electrons. The molecule has 168 valence electrons. The normalized spacial score (nSPS) is 31.7. The lowest BCUT2D eigenvalue weighted by molar-refractivity contribution is 0.132. The second-order valence-electron chi connectivity index (χ2n) is 10.8. The monoisotopic (exact) mass is 429 g/mol. The summed E-state index contributed by atoms with van der Waals surface area (Å²) in [7, 11) is 0. The Morgan fingerprint density at radius 1 is 0.938 bits per heavy atom. The molecule has 32 heavy (non-hydrogen) atoms. The van der Waals surface area contributed by atoms with Crippen LogP contribution < -0.4 is 4.74 Å². The molecular formula is C29H35NO2. The van der Waals surface area contributed by atoms with Crippen LogP contribution in [-0.2, 0) is 11.4 Å². The van der Waals surface area contributed by atoms with Gasteiger partial charge in [0.1, 0.15) is 18.1 Å². The molecule has 2 aromatic carbocycles. The van der Waals surface area contributed by atoms with E-state index in [-0.39, 0.29) is 0 Å². The minimum atomic E-state index is 0.363. The highest BCUT2D eigenvalue weighted by Crippen LogP contribution is 2.70. The Bertz CT molecular complexity index is 992. The fourth-order valence-electron chi connectivity index (χ4n) is 7.05. The van der Waals surface area contributed by atoms with E-state index in [1.165, 1.54) is 32.1 Å². The smallest absolute Gasteiger partial charge is 0.142 e. The Labute approximate surface area is 192 Å². The minimum absolute atomic E-state index is 0.363. The zero-order valence-electron chi connectivity index (χ0n) is 19.6. The van der Waals surface area contributed by atoms with Crippen LogP contribution in [0.25, 0.3) is 0 Å². The topological polar surface area (TPSA) is 30.8 Å². The van der Waals surface area contributed by atoms with Gasteiger partial charge in [0.25, 0.3) is 0 Å². The maximum atomic E-state index is 5.85. The van der Waals surface area contributed by atoms with Crippen molar-refractivity contribution in [3.63, 3.8) is 0 Å². The van der Waals surface area contributed by atoms with E-state index in [1.807, 2.05) is 60.8 Å². The van der Waals surface area contributed by atoms with Crippen LogP contribution in [0.15, 0.2) is 71.4 Å². The first-order chi connectivity index (χ1) is 15.5. The Balaban J connectivity index is 1.19. The third kappa shape index (κ3) is 3.87. The van der Waals surface area contributed by atoms with E-state index in [4.69, 9.17) is 9.57 Å². The van der Waals surface area contributed by atoms with Crippen LogP contribution >= 0.6 is 0 Å². The second-order valence-corrected chi connectivity index (χ2v) is 10.8. The lowest BCUT2D eigenvalue weighted by Gasteiger charge is -2.36. The van der Waals surface area contributed by atoms with Crippen molar-refractivity contribution in [3.8, 4) is 11.5 Å². The summed E-state index contributed by atoms with van der Waals surface area (Å²) in [6, 6.07) is 17.8. The van der Waals surface area contributed by atoms with Gasteiger partial charge in [-0.25, -0.2) is 0 Å². The summed E-state index contributed by atoms with van der Waals surface area (Å²) in [6.45, 7) is 7.99. The van der Waals surface area contributed by atoms with Crippen molar-refractivity contribution in [3.05, 3.63) is 71.8 Å². The fraction of sp³-hybridized carbons (Fsp3) is 0.483. The number of rotatable bonds is 6. The molecule has 0 spiro atoms. The van der Waals surface area contributed by atoms with Crippen LogP contribution in [0.4, 0.5) is 0 Å². The highest BCUT2D eigenvalue weighted by atomic mass is 16.6. The van der Waals surface area contributed by atoms with Crippen LogP contribution in [0.1, 0.15) is 58.4 Å².